The molecule has 1 N–H and O–H groups in total. The molecule has 0 aliphatic rings. The fraction of sp³-hybridized carbons (Fsp3) is 0.316. The SMILES string of the molecule is COc1cccc(CCC(=O)NCCCSc2ccc(F)cc2)c1. The van der Waals surface area contributed by atoms with Gasteiger partial charge in [0, 0.05) is 17.9 Å². The highest BCUT2D eigenvalue weighted by Gasteiger charge is 2.03. The summed E-state index contributed by atoms with van der Waals surface area (Å²) in [6.45, 7) is 0.658. The number of hydrogen-bond donors (Lipinski definition) is 1. The largest absolute Gasteiger partial charge is 0.497 e. The van der Waals surface area contributed by atoms with Gasteiger partial charge in [-0.3, -0.25) is 4.79 Å². The van der Waals surface area contributed by atoms with Gasteiger partial charge in [-0.05, 0) is 60.6 Å². The Morgan fingerprint density at radius 3 is 2.75 bits per heavy atom. The predicted molar refractivity (Wildman–Crippen MR) is 96.1 cm³/mol. The van der Waals surface area contributed by atoms with E-state index < -0.39 is 0 Å². The summed E-state index contributed by atoms with van der Waals surface area (Å²) in [6, 6.07) is 14.2. The molecule has 24 heavy (non-hydrogen) atoms. The van der Waals surface area contributed by atoms with Crippen LogP contribution in [0.2, 0.25) is 0 Å². The first kappa shape index (κ1) is 18.3. The number of aryl methyl sites for hydroxylation is 1. The molecule has 2 aromatic rings. The van der Waals surface area contributed by atoms with Gasteiger partial charge in [-0.1, -0.05) is 12.1 Å². The molecule has 0 aliphatic carbocycles. The summed E-state index contributed by atoms with van der Waals surface area (Å²) < 4.78 is 18.0. The van der Waals surface area contributed by atoms with Gasteiger partial charge in [-0.15, -0.1) is 11.8 Å². The molecule has 0 unspecified atom stereocenters. The number of benzene rings is 2. The topological polar surface area (TPSA) is 38.3 Å². The van der Waals surface area contributed by atoms with E-state index in [1.807, 2.05) is 24.3 Å². The van der Waals surface area contributed by atoms with Crippen LogP contribution in [-0.2, 0) is 11.2 Å². The van der Waals surface area contributed by atoms with Crippen LogP contribution in [-0.4, -0.2) is 25.3 Å². The minimum Gasteiger partial charge on any atom is -0.497 e. The van der Waals surface area contributed by atoms with E-state index in [1.165, 1.54) is 12.1 Å². The Kier molecular flexibility index (Phi) is 7.62. The van der Waals surface area contributed by atoms with Crippen LogP contribution >= 0.6 is 11.8 Å². The molecule has 2 rings (SSSR count). The third kappa shape index (κ3) is 6.62. The van der Waals surface area contributed by atoms with Crippen molar-refractivity contribution in [1.29, 1.82) is 0 Å². The highest BCUT2D eigenvalue weighted by molar-refractivity contribution is 7.99. The van der Waals surface area contributed by atoms with E-state index >= 15 is 0 Å². The minimum atomic E-state index is -0.220. The third-order valence-corrected chi connectivity index (χ3v) is 4.60. The monoisotopic (exact) mass is 347 g/mol. The first-order chi connectivity index (χ1) is 11.7. The van der Waals surface area contributed by atoms with Crippen LogP contribution in [0.1, 0.15) is 18.4 Å². The maximum Gasteiger partial charge on any atom is 0.220 e. The minimum absolute atomic E-state index is 0.0598. The van der Waals surface area contributed by atoms with E-state index in [0.29, 0.717) is 19.4 Å². The summed E-state index contributed by atoms with van der Waals surface area (Å²) in [5.41, 5.74) is 1.09. The van der Waals surface area contributed by atoms with Crippen molar-refractivity contribution < 1.29 is 13.9 Å². The van der Waals surface area contributed by atoms with Crippen molar-refractivity contribution in [2.75, 3.05) is 19.4 Å². The highest BCUT2D eigenvalue weighted by atomic mass is 32.2. The van der Waals surface area contributed by atoms with Crippen molar-refractivity contribution in [3.8, 4) is 5.75 Å². The summed E-state index contributed by atoms with van der Waals surface area (Å²) in [4.78, 5) is 12.9. The number of carbonyl (C=O) groups is 1. The van der Waals surface area contributed by atoms with Crippen molar-refractivity contribution in [1.82, 2.24) is 5.32 Å². The number of nitrogens with one attached hydrogen (secondary N) is 1. The summed E-state index contributed by atoms with van der Waals surface area (Å²) in [5.74, 6) is 1.54. The number of methoxy groups -OCH3 is 1. The molecular formula is C19H22FNO2S. The van der Waals surface area contributed by atoms with E-state index in [0.717, 1.165) is 28.4 Å². The van der Waals surface area contributed by atoms with Gasteiger partial charge >= 0.3 is 0 Å². The Morgan fingerprint density at radius 1 is 1.21 bits per heavy atom. The van der Waals surface area contributed by atoms with Crippen LogP contribution < -0.4 is 10.1 Å². The maximum absolute atomic E-state index is 12.8. The second-order valence-corrected chi connectivity index (χ2v) is 6.53. The van der Waals surface area contributed by atoms with Crippen LogP contribution in [0.3, 0.4) is 0 Å². The van der Waals surface area contributed by atoms with Gasteiger partial charge in [0.15, 0.2) is 0 Å². The van der Waals surface area contributed by atoms with Crippen LogP contribution in [0.25, 0.3) is 0 Å². The van der Waals surface area contributed by atoms with Crippen LogP contribution in [0.4, 0.5) is 4.39 Å². The third-order valence-electron chi connectivity index (χ3n) is 3.50. The smallest absolute Gasteiger partial charge is 0.220 e. The molecule has 2 aromatic carbocycles. The van der Waals surface area contributed by atoms with Crippen molar-refractivity contribution in [2.45, 2.75) is 24.2 Å². The summed E-state index contributed by atoms with van der Waals surface area (Å²) in [5, 5.41) is 2.93. The summed E-state index contributed by atoms with van der Waals surface area (Å²) in [7, 11) is 1.63. The number of rotatable bonds is 9. The van der Waals surface area contributed by atoms with Crippen molar-refractivity contribution in [3.05, 3.63) is 59.9 Å². The molecule has 0 spiro atoms. The number of thioether (sulfide) groups is 1. The van der Waals surface area contributed by atoms with E-state index in [9.17, 15) is 9.18 Å². The van der Waals surface area contributed by atoms with Gasteiger partial charge in [-0.25, -0.2) is 4.39 Å². The Balaban J connectivity index is 1.58. The molecular weight excluding hydrogens is 325 g/mol. The van der Waals surface area contributed by atoms with E-state index in [1.54, 1.807) is 31.0 Å². The van der Waals surface area contributed by atoms with Gasteiger partial charge in [0.1, 0.15) is 11.6 Å². The fourth-order valence-electron chi connectivity index (χ4n) is 2.20. The van der Waals surface area contributed by atoms with Gasteiger partial charge in [0.05, 0.1) is 7.11 Å². The van der Waals surface area contributed by atoms with Crippen molar-refractivity contribution in [3.63, 3.8) is 0 Å². The van der Waals surface area contributed by atoms with E-state index in [2.05, 4.69) is 5.32 Å². The number of hydrogen-bond acceptors (Lipinski definition) is 3. The lowest BCUT2D eigenvalue weighted by molar-refractivity contribution is -0.121. The number of amides is 1. The standard InChI is InChI=1S/C19H22FNO2S/c1-23-17-5-2-4-15(14-17)6-11-19(22)21-12-3-13-24-18-9-7-16(20)8-10-18/h2,4-5,7-10,14H,3,6,11-13H2,1H3,(H,21,22). The molecule has 3 nitrogen and oxygen atoms in total. The fourth-order valence-corrected chi connectivity index (χ4v) is 3.05. The average Bonchev–Trinajstić information content (AvgIpc) is 2.61. The van der Waals surface area contributed by atoms with Crippen LogP contribution in [0.15, 0.2) is 53.4 Å². The molecule has 0 heterocycles. The second kappa shape index (κ2) is 9.98. The lowest BCUT2D eigenvalue weighted by Gasteiger charge is -2.06. The van der Waals surface area contributed by atoms with Gasteiger partial charge in [-0.2, -0.15) is 0 Å². The lowest BCUT2D eigenvalue weighted by atomic mass is 10.1. The molecule has 128 valence electrons. The lowest BCUT2D eigenvalue weighted by Crippen LogP contribution is -2.24. The van der Waals surface area contributed by atoms with Crippen LogP contribution in [0, 0.1) is 5.82 Å². The zero-order valence-electron chi connectivity index (χ0n) is 13.8. The first-order valence-electron chi connectivity index (χ1n) is 7.95. The van der Waals surface area contributed by atoms with Gasteiger partial charge in [0.25, 0.3) is 0 Å². The summed E-state index contributed by atoms with van der Waals surface area (Å²) in [6.07, 6.45) is 2.05. The zero-order chi connectivity index (χ0) is 17.2. The van der Waals surface area contributed by atoms with Crippen molar-refractivity contribution in [2.24, 2.45) is 0 Å². The normalized spacial score (nSPS) is 10.4. The quantitative estimate of drug-likeness (QED) is 0.549. The predicted octanol–water partition coefficient (Wildman–Crippen LogP) is 4.07. The van der Waals surface area contributed by atoms with Gasteiger partial charge < -0.3 is 10.1 Å². The molecule has 0 aromatic heterocycles. The molecule has 0 bridgehead atoms. The highest BCUT2D eigenvalue weighted by Crippen LogP contribution is 2.18. The Bertz CT molecular complexity index is 646. The maximum atomic E-state index is 12.8. The number of carbonyl (C=O) groups excluding carboxylic acids is 1. The second-order valence-electron chi connectivity index (χ2n) is 5.36. The van der Waals surface area contributed by atoms with Crippen molar-refractivity contribution >= 4 is 17.7 Å². The molecule has 0 saturated carbocycles. The zero-order valence-corrected chi connectivity index (χ0v) is 14.6. The number of halogens is 1. The van der Waals surface area contributed by atoms with Crippen LogP contribution in [0.5, 0.6) is 5.75 Å². The Morgan fingerprint density at radius 2 is 2.00 bits per heavy atom. The first-order valence-corrected chi connectivity index (χ1v) is 8.94. The molecule has 0 aliphatic heterocycles. The molecule has 0 radical (unpaired) electrons. The molecule has 5 heteroatoms. The Labute approximate surface area is 146 Å². The van der Waals surface area contributed by atoms with Gasteiger partial charge in [0.2, 0.25) is 5.91 Å². The Hall–Kier alpha value is -2.01. The molecule has 0 fully saturated rings. The molecule has 0 saturated heterocycles. The number of ether oxygens (including phenoxy) is 1. The van der Waals surface area contributed by atoms with E-state index in [4.69, 9.17) is 4.74 Å². The summed E-state index contributed by atoms with van der Waals surface area (Å²) >= 11 is 1.66. The molecule has 0 atom stereocenters. The molecule has 1 amide bonds. The average molecular weight is 347 g/mol. The van der Waals surface area contributed by atoms with E-state index in [-0.39, 0.29) is 11.7 Å².